The highest BCUT2D eigenvalue weighted by Gasteiger charge is 2.49. The van der Waals surface area contributed by atoms with Gasteiger partial charge in [-0.25, -0.2) is 4.99 Å². The molecule has 0 spiro atoms. The van der Waals surface area contributed by atoms with E-state index < -0.39 is 17.6 Å². The molecule has 2 unspecified atom stereocenters. The Labute approximate surface area is 200 Å². The number of benzene rings is 3. The number of aliphatic imine (C=N–C) groups is 1. The van der Waals surface area contributed by atoms with E-state index in [0.717, 1.165) is 34.4 Å². The Morgan fingerprint density at radius 3 is 2.06 bits per heavy atom. The number of hydrogen-bond donors (Lipinski definition) is 4. The second kappa shape index (κ2) is 10.4. The van der Waals surface area contributed by atoms with Gasteiger partial charge in [0.25, 0.3) is 0 Å². The van der Waals surface area contributed by atoms with Crippen LogP contribution in [-0.2, 0) is 15.2 Å². The summed E-state index contributed by atoms with van der Waals surface area (Å²) in [5.41, 5.74) is 3.92. The van der Waals surface area contributed by atoms with Crippen LogP contribution in [0.2, 0.25) is 0 Å². The molecule has 34 heavy (non-hydrogen) atoms. The summed E-state index contributed by atoms with van der Waals surface area (Å²) in [5, 5.41) is 12.9. The van der Waals surface area contributed by atoms with E-state index in [-0.39, 0.29) is 6.61 Å². The number of aldehydes is 1. The van der Waals surface area contributed by atoms with Crippen molar-refractivity contribution in [3.63, 3.8) is 0 Å². The fourth-order valence-electron chi connectivity index (χ4n) is 4.34. The lowest BCUT2D eigenvalue weighted by atomic mass is 9.95. The molecule has 4 rings (SSSR count). The van der Waals surface area contributed by atoms with Crippen LogP contribution in [0.3, 0.4) is 0 Å². The molecule has 0 saturated carbocycles. The highest BCUT2D eigenvalue weighted by molar-refractivity contribution is 6.13. The molecule has 1 aliphatic heterocycles. The standard InChI is InChI=1S/C27H31N5O2/c1-28-26(19-34-27(29-2,30-3)24(18-33)32-26)22-15-10-16-23(17-22)31-25(20-11-6-4-7-12-20)21-13-8-5-9-14-21/h4-18,24,28-30,32H,19H2,1-3H3. The van der Waals surface area contributed by atoms with Crippen molar-refractivity contribution in [3.05, 3.63) is 102 Å². The van der Waals surface area contributed by atoms with Gasteiger partial charge in [-0.05, 0) is 38.8 Å². The van der Waals surface area contributed by atoms with Crippen LogP contribution < -0.4 is 21.3 Å². The van der Waals surface area contributed by atoms with E-state index in [1.165, 1.54) is 0 Å². The van der Waals surface area contributed by atoms with Crippen LogP contribution in [0.25, 0.3) is 0 Å². The molecule has 0 amide bonds. The zero-order chi connectivity index (χ0) is 24.0. The van der Waals surface area contributed by atoms with Gasteiger partial charge in [0.15, 0.2) is 5.85 Å². The third-order valence-corrected chi connectivity index (χ3v) is 6.34. The molecule has 0 aliphatic carbocycles. The van der Waals surface area contributed by atoms with Crippen LogP contribution in [0.15, 0.2) is 89.9 Å². The summed E-state index contributed by atoms with van der Waals surface area (Å²) in [7, 11) is 5.36. The van der Waals surface area contributed by atoms with Crippen molar-refractivity contribution in [3.8, 4) is 0 Å². The van der Waals surface area contributed by atoms with Gasteiger partial charge in [-0.15, -0.1) is 0 Å². The smallest absolute Gasteiger partial charge is 0.197 e. The van der Waals surface area contributed by atoms with E-state index in [1.807, 2.05) is 67.7 Å². The number of likely N-dealkylation sites (N-methyl/N-ethyl adjacent to an activating group) is 3. The molecule has 1 saturated heterocycles. The van der Waals surface area contributed by atoms with Crippen molar-refractivity contribution in [2.24, 2.45) is 4.99 Å². The van der Waals surface area contributed by atoms with Crippen LogP contribution >= 0.6 is 0 Å². The number of carbonyl (C=O) groups excluding carboxylic acids is 1. The number of morpholine rings is 1. The van der Waals surface area contributed by atoms with E-state index in [2.05, 4.69) is 45.5 Å². The second-order valence-electron chi connectivity index (χ2n) is 8.18. The molecule has 0 bridgehead atoms. The summed E-state index contributed by atoms with van der Waals surface area (Å²) in [5.74, 6) is -0.994. The maximum Gasteiger partial charge on any atom is 0.197 e. The predicted molar refractivity (Wildman–Crippen MR) is 135 cm³/mol. The van der Waals surface area contributed by atoms with Gasteiger partial charge in [-0.2, -0.15) is 0 Å². The quantitative estimate of drug-likeness (QED) is 0.236. The van der Waals surface area contributed by atoms with Gasteiger partial charge in [0.05, 0.1) is 18.0 Å². The van der Waals surface area contributed by atoms with E-state index in [1.54, 1.807) is 14.1 Å². The monoisotopic (exact) mass is 457 g/mol. The molecule has 1 aliphatic rings. The zero-order valence-corrected chi connectivity index (χ0v) is 19.7. The molecule has 1 fully saturated rings. The van der Waals surface area contributed by atoms with E-state index in [0.29, 0.717) is 0 Å². The number of carbonyl (C=O) groups is 1. The maximum absolute atomic E-state index is 12.0. The number of nitrogens with one attached hydrogen (secondary N) is 4. The lowest BCUT2D eigenvalue weighted by Gasteiger charge is -2.50. The van der Waals surface area contributed by atoms with Gasteiger partial charge < -0.3 is 9.53 Å². The van der Waals surface area contributed by atoms with Crippen molar-refractivity contribution >= 4 is 17.7 Å². The normalized spacial score (nSPS) is 21.6. The van der Waals surface area contributed by atoms with E-state index in [9.17, 15) is 4.79 Å². The Morgan fingerprint density at radius 1 is 0.912 bits per heavy atom. The third-order valence-electron chi connectivity index (χ3n) is 6.34. The highest BCUT2D eigenvalue weighted by atomic mass is 16.5. The summed E-state index contributed by atoms with van der Waals surface area (Å²) in [6.45, 7) is 0.285. The zero-order valence-electron chi connectivity index (χ0n) is 19.7. The van der Waals surface area contributed by atoms with E-state index >= 15 is 0 Å². The molecule has 2 atom stereocenters. The van der Waals surface area contributed by atoms with Crippen molar-refractivity contribution in [1.29, 1.82) is 0 Å². The van der Waals surface area contributed by atoms with Gasteiger partial charge >= 0.3 is 0 Å². The van der Waals surface area contributed by atoms with E-state index in [4.69, 9.17) is 9.73 Å². The van der Waals surface area contributed by atoms with Crippen molar-refractivity contribution in [2.75, 3.05) is 27.7 Å². The first-order valence-corrected chi connectivity index (χ1v) is 11.3. The number of rotatable bonds is 8. The lowest BCUT2D eigenvalue weighted by molar-refractivity contribution is -0.176. The lowest BCUT2D eigenvalue weighted by Crippen LogP contribution is -2.78. The summed E-state index contributed by atoms with van der Waals surface area (Å²) in [6, 6.07) is 27.6. The van der Waals surface area contributed by atoms with Gasteiger partial charge in [-0.3, -0.25) is 21.3 Å². The van der Waals surface area contributed by atoms with Crippen LogP contribution in [0.5, 0.6) is 0 Å². The summed E-state index contributed by atoms with van der Waals surface area (Å²) in [6.07, 6.45) is 0.850. The fraction of sp³-hybridized carbons (Fsp3) is 0.259. The van der Waals surface area contributed by atoms with Gasteiger partial charge in [0, 0.05) is 11.1 Å². The molecule has 3 aromatic carbocycles. The molecule has 0 aromatic heterocycles. The Kier molecular flexibility index (Phi) is 7.31. The Hall–Kier alpha value is -3.20. The van der Waals surface area contributed by atoms with Crippen LogP contribution in [0.4, 0.5) is 5.69 Å². The SMILES string of the molecule is CNC1(c2cccc(N=C(c3ccccc3)c3ccccc3)c2)COC(NC)(NC)C(C=O)N1. The van der Waals surface area contributed by atoms with Gasteiger partial charge in [0.1, 0.15) is 18.0 Å². The molecule has 4 N–H and O–H groups in total. The third kappa shape index (κ3) is 4.57. The van der Waals surface area contributed by atoms with Crippen LogP contribution in [0, 0.1) is 0 Å². The van der Waals surface area contributed by atoms with Crippen LogP contribution in [0.1, 0.15) is 16.7 Å². The molecule has 7 nitrogen and oxygen atoms in total. The summed E-state index contributed by atoms with van der Waals surface area (Å²) < 4.78 is 6.17. The largest absolute Gasteiger partial charge is 0.342 e. The first-order chi connectivity index (χ1) is 16.6. The van der Waals surface area contributed by atoms with Crippen molar-refractivity contribution in [2.45, 2.75) is 17.6 Å². The minimum atomic E-state index is -0.994. The Morgan fingerprint density at radius 2 is 1.53 bits per heavy atom. The van der Waals surface area contributed by atoms with Crippen molar-refractivity contribution < 1.29 is 9.53 Å². The van der Waals surface area contributed by atoms with Crippen LogP contribution in [-0.4, -0.2) is 51.6 Å². The molecule has 176 valence electrons. The molecular formula is C27H31N5O2. The Balaban J connectivity index is 1.74. The second-order valence-corrected chi connectivity index (χ2v) is 8.18. The molecular weight excluding hydrogens is 426 g/mol. The number of nitrogens with zero attached hydrogens (tertiary/aromatic N) is 1. The molecule has 7 heteroatoms. The average Bonchev–Trinajstić information content (AvgIpc) is 2.92. The molecule has 3 aromatic rings. The Bertz CT molecular complexity index is 1090. The highest BCUT2D eigenvalue weighted by Crippen LogP contribution is 2.30. The molecule has 0 radical (unpaired) electrons. The topological polar surface area (TPSA) is 86.8 Å². The summed E-state index contributed by atoms with van der Waals surface area (Å²) >= 11 is 0. The first-order valence-electron chi connectivity index (χ1n) is 11.3. The first kappa shape index (κ1) is 23.9. The number of ether oxygens (including phenoxy) is 1. The fourth-order valence-corrected chi connectivity index (χ4v) is 4.34. The minimum absolute atomic E-state index is 0.285. The minimum Gasteiger partial charge on any atom is -0.342 e. The summed E-state index contributed by atoms with van der Waals surface area (Å²) in [4.78, 5) is 17.0. The number of hydrogen-bond acceptors (Lipinski definition) is 7. The average molecular weight is 458 g/mol. The predicted octanol–water partition coefficient (Wildman–Crippen LogP) is 2.51. The van der Waals surface area contributed by atoms with Gasteiger partial charge in [-0.1, -0.05) is 72.8 Å². The molecule has 1 heterocycles. The maximum atomic E-state index is 12.0. The van der Waals surface area contributed by atoms with Crippen molar-refractivity contribution in [1.82, 2.24) is 21.3 Å². The van der Waals surface area contributed by atoms with Gasteiger partial charge in [0.2, 0.25) is 0 Å².